The van der Waals surface area contributed by atoms with Gasteiger partial charge in [0.25, 0.3) is 5.91 Å². The lowest BCUT2D eigenvalue weighted by Gasteiger charge is -2.23. The zero-order chi connectivity index (χ0) is 12.4. The van der Waals surface area contributed by atoms with Crippen molar-refractivity contribution < 1.29 is 15.0 Å². The molecule has 0 spiro atoms. The summed E-state index contributed by atoms with van der Waals surface area (Å²) in [6.07, 6.45) is 1.73. The van der Waals surface area contributed by atoms with E-state index in [9.17, 15) is 15.0 Å². The van der Waals surface area contributed by atoms with Crippen molar-refractivity contribution in [2.24, 2.45) is 0 Å². The molecule has 4 heteroatoms. The van der Waals surface area contributed by atoms with Crippen LogP contribution in [0.4, 0.5) is 0 Å². The van der Waals surface area contributed by atoms with Crippen molar-refractivity contribution in [3.8, 4) is 5.75 Å². The molecule has 4 nitrogen and oxygen atoms in total. The van der Waals surface area contributed by atoms with E-state index in [4.69, 9.17) is 0 Å². The number of likely N-dealkylation sites (tertiary alicyclic amines) is 1. The van der Waals surface area contributed by atoms with E-state index in [0.29, 0.717) is 12.1 Å². The van der Waals surface area contributed by atoms with Crippen LogP contribution in [0.15, 0.2) is 18.2 Å². The lowest BCUT2D eigenvalue weighted by molar-refractivity contribution is 0.0674. The molecule has 1 aliphatic rings. The molecule has 1 atom stereocenters. The molecule has 0 aromatic heterocycles. The van der Waals surface area contributed by atoms with E-state index in [2.05, 4.69) is 0 Å². The van der Waals surface area contributed by atoms with Gasteiger partial charge in [-0.15, -0.1) is 0 Å². The third-order valence-electron chi connectivity index (χ3n) is 3.23. The first-order valence-corrected chi connectivity index (χ1v) is 5.85. The molecule has 1 saturated heterocycles. The van der Waals surface area contributed by atoms with Crippen molar-refractivity contribution in [3.63, 3.8) is 0 Å². The SMILES string of the molecule is Cc1ccc(C(=O)N2CCC[C@@H]2CO)c(O)c1. The van der Waals surface area contributed by atoms with E-state index in [0.717, 1.165) is 18.4 Å². The summed E-state index contributed by atoms with van der Waals surface area (Å²) in [5, 5.41) is 19.0. The van der Waals surface area contributed by atoms with Crippen molar-refractivity contribution in [2.45, 2.75) is 25.8 Å². The summed E-state index contributed by atoms with van der Waals surface area (Å²) >= 11 is 0. The minimum absolute atomic E-state index is 0.0126. The number of amides is 1. The van der Waals surface area contributed by atoms with Gasteiger partial charge in [-0.3, -0.25) is 4.79 Å². The maximum absolute atomic E-state index is 12.2. The van der Waals surface area contributed by atoms with E-state index < -0.39 is 0 Å². The summed E-state index contributed by atoms with van der Waals surface area (Å²) in [4.78, 5) is 13.8. The van der Waals surface area contributed by atoms with E-state index in [1.807, 2.05) is 6.92 Å². The number of aliphatic hydroxyl groups is 1. The van der Waals surface area contributed by atoms with Gasteiger partial charge in [0, 0.05) is 6.54 Å². The molecule has 0 saturated carbocycles. The molecular weight excluding hydrogens is 218 g/mol. The Balaban J connectivity index is 2.24. The molecule has 1 amide bonds. The van der Waals surface area contributed by atoms with Crippen LogP contribution in [-0.2, 0) is 0 Å². The number of carbonyl (C=O) groups is 1. The molecule has 92 valence electrons. The Bertz CT molecular complexity index is 431. The number of phenols is 1. The van der Waals surface area contributed by atoms with E-state index in [-0.39, 0.29) is 24.3 Å². The number of hydrogen-bond acceptors (Lipinski definition) is 3. The van der Waals surface area contributed by atoms with Crippen LogP contribution in [0, 0.1) is 6.92 Å². The van der Waals surface area contributed by atoms with Gasteiger partial charge in [0.15, 0.2) is 0 Å². The zero-order valence-electron chi connectivity index (χ0n) is 9.89. The number of aromatic hydroxyl groups is 1. The zero-order valence-corrected chi connectivity index (χ0v) is 9.89. The summed E-state index contributed by atoms with van der Waals surface area (Å²) in [5.41, 5.74) is 1.23. The molecule has 17 heavy (non-hydrogen) atoms. The number of phenolic OH excluding ortho intramolecular Hbond substituents is 1. The highest BCUT2D eigenvalue weighted by atomic mass is 16.3. The second-order valence-electron chi connectivity index (χ2n) is 4.50. The van der Waals surface area contributed by atoms with E-state index in [1.54, 1.807) is 23.1 Å². The Morgan fingerprint density at radius 2 is 2.29 bits per heavy atom. The molecule has 0 radical (unpaired) electrons. The van der Waals surface area contributed by atoms with E-state index in [1.165, 1.54) is 0 Å². The third kappa shape index (κ3) is 2.26. The number of benzene rings is 1. The van der Waals surface area contributed by atoms with Crippen LogP contribution in [-0.4, -0.2) is 40.2 Å². The number of hydrogen-bond donors (Lipinski definition) is 2. The summed E-state index contributed by atoms with van der Waals surface area (Å²) in [5.74, 6) is -0.183. The van der Waals surface area contributed by atoms with Crippen LogP contribution >= 0.6 is 0 Å². The minimum Gasteiger partial charge on any atom is -0.507 e. The summed E-state index contributed by atoms with van der Waals surface area (Å²) < 4.78 is 0. The first kappa shape index (κ1) is 11.9. The molecule has 1 heterocycles. The predicted octanol–water partition coefficient (Wildman–Crippen LogP) is 1.30. The second kappa shape index (κ2) is 4.75. The van der Waals surface area contributed by atoms with Crippen LogP contribution < -0.4 is 0 Å². The quantitative estimate of drug-likeness (QED) is 0.812. The number of nitrogens with zero attached hydrogens (tertiary/aromatic N) is 1. The topological polar surface area (TPSA) is 60.8 Å². The van der Waals surface area contributed by atoms with Gasteiger partial charge in [-0.05, 0) is 37.5 Å². The highest BCUT2D eigenvalue weighted by Crippen LogP contribution is 2.25. The largest absolute Gasteiger partial charge is 0.507 e. The van der Waals surface area contributed by atoms with Crippen LogP contribution in [0.3, 0.4) is 0 Å². The van der Waals surface area contributed by atoms with E-state index >= 15 is 0 Å². The standard InChI is InChI=1S/C13H17NO3/c1-9-4-5-11(12(16)7-9)13(17)14-6-2-3-10(14)8-15/h4-5,7,10,15-16H,2-3,6,8H2,1H3/t10-/m1/s1. The van der Waals surface area contributed by atoms with Gasteiger partial charge in [-0.2, -0.15) is 0 Å². The molecule has 0 aliphatic carbocycles. The number of aryl methyl sites for hydroxylation is 1. The van der Waals surface area contributed by atoms with Crippen LogP contribution in [0.5, 0.6) is 5.75 Å². The molecule has 0 bridgehead atoms. The monoisotopic (exact) mass is 235 g/mol. The average molecular weight is 235 g/mol. The Hall–Kier alpha value is -1.55. The fourth-order valence-corrected chi connectivity index (χ4v) is 2.27. The molecule has 2 rings (SSSR count). The highest BCUT2D eigenvalue weighted by molar-refractivity contribution is 5.97. The van der Waals surface area contributed by atoms with Crippen LogP contribution in [0.1, 0.15) is 28.8 Å². The lowest BCUT2D eigenvalue weighted by atomic mass is 10.1. The highest BCUT2D eigenvalue weighted by Gasteiger charge is 2.29. The fraction of sp³-hybridized carbons (Fsp3) is 0.462. The first-order valence-electron chi connectivity index (χ1n) is 5.85. The normalized spacial score (nSPS) is 19.6. The van der Waals surface area contributed by atoms with Gasteiger partial charge in [0.1, 0.15) is 5.75 Å². The minimum atomic E-state index is -0.195. The maximum Gasteiger partial charge on any atom is 0.257 e. The summed E-state index contributed by atoms with van der Waals surface area (Å²) in [6.45, 7) is 2.50. The third-order valence-corrected chi connectivity index (χ3v) is 3.23. The van der Waals surface area contributed by atoms with Gasteiger partial charge in [-0.25, -0.2) is 0 Å². The van der Waals surface area contributed by atoms with Crippen molar-refractivity contribution in [1.29, 1.82) is 0 Å². The first-order chi connectivity index (χ1) is 8.13. The van der Waals surface area contributed by atoms with Crippen molar-refractivity contribution in [2.75, 3.05) is 13.2 Å². The fourth-order valence-electron chi connectivity index (χ4n) is 2.27. The molecule has 1 aromatic rings. The number of aliphatic hydroxyl groups excluding tert-OH is 1. The van der Waals surface area contributed by atoms with Crippen molar-refractivity contribution >= 4 is 5.91 Å². The smallest absolute Gasteiger partial charge is 0.257 e. The Kier molecular flexibility index (Phi) is 3.33. The molecule has 1 aromatic carbocycles. The summed E-state index contributed by atoms with van der Waals surface area (Å²) in [6, 6.07) is 4.91. The molecule has 0 unspecified atom stereocenters. The second-order valence-corrected chi connectivity index (χ2v) is 4.50. The average Bonchev–Trinajstić information content (AvgIpc) is 2.76. The molecule has 1 fully saturated rings. The van der Waals surface area contributed by atoms with Crippen LogP contribution in [0.25, 0.3) is 0 Å². The maximum atomic E-state index is 12.2. The number of carbonyl (C=O) groups excluding carboxylic acids is 1. The van der Waals surface area contributed by atoms with Gasteiger partial charge >= 0.3 is 0 Å². The molecular formula is C13H17NO3. The lowest BCUT2D eigenvalue weighted by Crippen LogP contribution is -2.37. The summed E-state index contributed by atoms with van der Waals surface area (Å²) in [7, 11) is 0. The Morgan fingerprint density at radius 1 is 1.53 bits per heavy atom. The van der Waals surface area contributed by atoms with Gasteiger partial charge in [0.05, 0.1) is 18.2 Å². The predicted molar refractivity (Wildman–Crippen MR) is 64.0 cm³/mol. The van der Waals surface area contributed by atoms with Crippen molar-refractivity contribution in [3.05, 3.63) is 29.3 Å². The van der Waals surface area contributed by atoms with Gasteiger partial charge in [0.2, 0.25) is 0 Å². The van der Waals surface area contributed by atoms with Gasteiger partial charge in [-0.1, -0.05) is 6.07 Å². The van der Waals surface area contributed by atoms with Crippen LogP contribution in [0.2, 0.25) is 0 Å². The molecule has 2 N–H and O–H groups in total. The number of rotatable bonds is 2. The molecule has 1 aliphatic heterocycles. The Morgan fingerprint density at radius 3 is 2.94 bits per heavy atom. The van der Waals surface area contributed by atoms with Crippen molar-refractivity contribution in [1.82, 2.24) is 4.90 Å². The van der Waals surface area contributed by atoms with Gasteiger partial charge < -0.3 is 15.1 Å². The Labute approximate surface area is 100 Å².